The van der Waals surface area contributed by atoms with E-state index in [1.54, 1.807) is 56.0 Å². The lowest BCUT2D eigenvalue weighted by Crippen LogP contribution is -2.32. The number of ether oxygens (including phenoxy) is 2. The molecule has 6 aromatic heterocycles. The highest BCUT2D eigenvalue weighted by Gasteiger charge is 2.15. The Morgan fingerprint density at radius 2 is 1.03 bits per heavy atom. The van der Waals surface area contributed by atoms with Crippen molar-refractivity contribution in [1.29, 1.82) is 0 Å². The number of nitrogens with one attached hydrogen (secondary N) is 1. The molecule has 61 heavy (non-hydrogen) atoms. The second-order valence-corrected chi connectivity index (χ2v) is 13.1. The Morgan fingerprint density at radius 3 is 1.31 bits per heavy atom. The molecule has 6 aromatic rings. The number of amides is 1. The smallest absolute Gasteiger partial charge is 0.408 e. The van der Waals surface area contributed by atoms with Gasteiger partial charge in [0.25, 0.3) is 0 Å². The Balaban J connectivity index is 0.000000424. The normalized spacial score (nSPS) is 9.39. The highest BCUT2D eigenvalue weighted by molar-refractivity contribution is 6.40. The molecule has 0 aliphatic heterocycles. The number of carbonyl (C=O) groups is 1. The first-order valence-electron chi connectivity index (χ1n) is 18.6. The minimum absolute atomic E-state index is 0. The van der Waals surface area contributed by atoms with Crippen LogP contribution < -0.4 is 16.8 Å². The number of nitrogens with two attached hydrogens (primary N) is 2. The van der Waals surface area contributed by atoms with Crippen LogP contribution in [-0.2, 0) is 9.47 Å². The van der Waals surface area contributed by atoms with Gasteiger partial charge in [-0.2, -0.15) is 0 Å². The Hall–Kier alpha value is -6.01. The molecule has 0 atom stereocenters. The summed E-state index contributed by atoms with van der Waals surface area (Å²) < 4.78 is 26.0. The maximum Gasteiger partial charge on any atom is 0.408 e. The molecule has 322 valence electrons. The molecule has 0 aliphatic carbocycles. The van der Waals surface area contributed by atoms with Gasteiger partial charge in [0.1, 0.15) is 22.9 Å². The first-order chi connectivity index (χ1) is 29.1. The average molecular weight is 890 g/mol. The second kappa shape index (κ2) is 31.9. The van der Waals surface area contributed by atoms with Crippen LogP contribution in [0.4, 0.5) is 4.79 Å². The summed E-state index contributed by atoms with van der Waals surface area (Å²) in [5.41, 5.74) is 15.3. The highest BCUT2D eigenvalue weighted by atomic mass is 35.5. The van der Waals surface area contributed by atoms with E-state index in [1.165, 1.54) is 0 Å². The Labute approximate surface area is 374 Å². The van der Waals surface area contributed by atoms with Gasteiger partial charge in [0.15, 0.2) is 0 Å². The predicted molar refractivity (Wildman–Crippen MR) is 245 cm³/mol. The summed E-state index contributed by atoms with van der Waals surface area (Å²) >= 11 is 9.53. The van der Waals surface area contributed by atoms with Gasteiger partial charge in [0.05, 0.1) is 60.5 Å². The maximum absolute atomic E-state index is 11.5. The molecule has 0 aromatic carbocycles. The number of pyridine rings is 3. The fraction of sp³-hybridized carbons (Fsp3) is 0.261. The number of aromatic nitrogens is 3. The summed E-state index contributed by atoms with van der Waals surface area (Å²) in [7, 11) is 0. The average Bonchev–Trinajstić information content (AvgIpc) is 4.08. The van der Waals surface area contributed by atoms with Crippen molar-refractivity contribution in [2.75, 3.05) is 38.2 Å². The summed E-state index contributed by atoms with van der Waals surface area (Å²) in [5.74, 6) is 19.7. The van der Waals surface area contributed by atoms with Crippen molar-refractivity contribution in [3.05, 3.63) is 127 Å². The number of hydrogen-bond donors (Lipinski definition) is 3. The summed E-state index contributed by atoms with van der Waals surface area (Å²) in [6.07, 6.45) is 14.6. The first-order valence-corrected chi connectivity index (χ1v) is 19.7. The van der Waals surface area contributed by atoms with E-state index in [9.17, 15) is 4.79 Å². The zero-order valence-electron chi connectivity index (χ0n) is 34.7. The van der Waals surface area contributed by atoms with Gasteiger partial charge in [-0.25, -0.2) is 4.79 Å². The number of furan rings is 3. The standard InChI is InChI=1S/C17H18N2O3.2C12H10N2O.C4H10O.CH2Cl2.ClH/c1-17(2,3)22-16(20)19-9-4-6-13-12-18-10-8-14(13)15-7-5-11-21-15;2*13-6-1-3-10-9-14-7-5-11(10)12-4-2-8-15-12;1-3-5-4-2;2-1-3;/h5,7-8,10-12H,9H2,1-3H3,(H,19,20);2*2,4-5,7-9H,6,13H2;3-4H2,1-2H3;1H2;1H. The van der Waals surface area contributed by atoms with E-state index < -0.39 is 11.7 Å². The van der Waals surface area contributed by atoms with Gasteiger partial charge >= 0.3 is 6.09 Å². The van der Waals surface area contributed by atoms with Crippen LogP contribution >= 0.6 is 35.6 Å². The molecule has 0 spiro atoms. The maximum atomic E-state index is 11.5. The van der Waals surface area contributed by atoms with E-state index in [4.69, 9.17) is 57.4 Å². The number of carbonyl (C=O) groups excluding carboxylic acids is 1. The van der Waals surface area contributed by atoms with Crippen molar-refractivity contribution in [3.8, 4) is 69.5 Å². The van der Waals surface area contributed by atoms with Gasteiger partial charge in [0.2, 0.25) is 0 Å². The van der Waals surface area contributed by atoms with Gasteiger partial charge in [-0.1, -0.05) is 35.5 Å². The van der Waals surface area contributed by atoms with Gasteiger partial charge in [-0.3, -0.25) is 15.0 Å². The van der Waals surface area contributed by atoms with Gasteiger partial charge in [-0.15, -0.1) is 35.6 Å². The van der Waals surface area contributed by atoms with E-state index in [2.05, 4.69) is 55.8 Å². The summed E-state index contributed by atoms with van der Waals surface area (Å²) in [4.78, 5) is 23.6. The SMILES string of the molecule is CC(C)(C)OC(=O)NCC#Cc1cnccc1-c1ccco1.CCOCC.Cl.ClCCl.NCC#Cc1cnccc1-c1ccco1.NCC#Cc1cnccc1-c1ccco1. The molecule has 6 heterocycles. The van der Waals surface area contributed by atoms with Crippen LogP contribution in [-0.4, -0.2) is 64.8 Å². The second-order valence-electron chi connectivity index (χ2n) is 12.2. The zero-order chi connectivity index (χ0) is 43.9. The minimum Gasteiger partial charge on any atom is -0.464 e. The van der Waals surface area contributed by atoms with Gasteiger partial charge in [-0.05, 0) is 89.2 Å². The fourth-order valence-electron chi connectivity index (χ4n) is 4.49. The lowest BCUT2D eigenvalue weighted by Gasteiger charge is -2.19. The van der Waals surface area contributed by atoms with E-state index in [0.717, 1.165) is 63.9 Å². The van der Waals surface area contributed by atoms with Crippen LogP contribution in [0.25, 0.3) is 34.0 Å². The molecule has 0 aliphatic rings. The van der Waals surface area contributed by atoms with Crippen molar-refractivity contribution in [3.63, 3.8) is 0 Å². The van der Waals surface area contributed by atoms with E-state index in [1.807, 2.05) is 89.2 Å². The molecule has 6 rings (SSSR count). The third-order valence-electron chi connectivity index (χ3n) is 6.82. The molecule has 0 fully saturated rings. The molecule has 0 unspecified atom stereocenters. The molecular weight excluding hydrogens is 839 g/mol. The number of nitrogens with zero attached hydrogens (tertiary/aromatic N) is 3. The number of hydrogen-bond acceptors (Lipinski definition) is 11. The molecule has 15 heteroatoms. The first kappa shape index (κ1) is 53.0. The van der Waals surface area contributed by atoms with Crippen LogP contribution in [0.5, 0.6) is 0 Å². The van der Waals surface area contributed by atoms with Crippen LogP contribution in [0.2, 0.25) is 0 Å². The van der Waals surface area contributed by atoms with Crippen molar-refractivity contribution >= 4 is 41.7 Å². The third-order valence-corrected chi connectivity index (χ3v) is 6.82. The topological polar surface area (TPSA) is 178 Å². The third kappa shape index (κ3) is 21.7. The number of rotatable bonds is 6. The molecule has 1 amide bonds. The monoisotopic (exact) mass is 888 g/mol. The van der Waals surface area contributed by atoms with Gasteiger partial charge in [0, 0.05) is 67.1 Å². The predicted octanol–water partition coefficient (Wildman–Crippen LogP) is 9.41. The van der Waals surface area contributed by atoms with E-state index >= 15 is 0 Å². The minimum atomic E-state index is -0.521. The molecule has 0 saturated carbocycles. The number of alkyl halides is 2. The van der Waals surface area contributed by atoms with Gasteiger partial charge < -0.3 is 39.5 Å². The molecular formula is C46H51Cl3N6O6. The number of alkyl carbamates (subject to hydrolysis) is 1. The Kier molecular flexibility index (Phi) is 27.7. The van der Waals surface area contributed by atoms with E-state index in [-0.39, 0.29) is 24.3 Å². The summed E-state index contributed by atoms with van der Waals surface area (Å²) in [6.45, 7) is 12.0. The number of halogens is 3. The quantitative estimate of drug-likeness (QED) is 0.107. The van der Waals surface area contributed by atoms with Crippen molar-refractivity contribution in [2.45, 2.75) is 40.2 Å². The lowest BCUT2D eigenvalue weighted by atomic mass is 10.1. The molecule has 5 N–H and O–H groups in total. The Morgan fingerprint density at radius 1 is 0.672 bits per heavy atom. The lowest BCUT2D eigenvalue weighted by molar-refractivity contribution is 0.0535. The van der Waals surface area contributed by atoms with Crippen molar-refractivity contribution in [1.82, 2.24) is 20.3 Å². The zero-order valence-corrected chi connectivity index (χ0v) is 37.1. The molecule has 12 nitrogen and oxygen atoms in total. The fourth-order valence-corrected chi connectivity index (χ4v) is 4.49. The van der Waals surface area contributed by atoms with Crippen molar-refractivity contribution in [2.24, 2.45) is 11.5 Å². The van der Waals surface area contributed by atoms with Crippen molar-refractivity contribution < 1.29 is 27.5 Å². The summed E-state index contributed by atoms with van der Waals surface area (Å²) in [6, 6.07) is 16.7. The largest absolute Gasteiger partial charge is 0.464 e. The van der Waals surface area contributed by atoms with Crippen LogP contribution in [0.3, 0.4) is 0 Å². The molecule has 0 saturated heterocycles. The molecule has 0 bridgehead atoms. The van der Waals surface area contributed by atoms with Crippen LogP contribution in [0.1, 0.15) is 51.3 Å². The molecule has 0 radical (unpaired) electrons. The van der Waals surface area contributed by atoms with Crippen LogP contribution in [0.15, 0.2) is 124 Å². The summed E-state index contributed by atoms with van der Waals surface area (Å²) in [5, 5.41) is 2.78. The highest BCUT2D eigenvalue weighted by Crippen LogP contribution is 2.24. The Bertz CT molecular complexity index is 2160. The van der Waals surface area contributed by atoms with Crippen LogP contribution in [0, 0.1) is 35.5 Å². The van der Waals surface area contributed by atoms with E-state index in [0.29, 0.717) is 13.1 Å².